The van der Waals surface area contributed by atoms with Gasteiger partial charge >= 0.3 is 5.97 Å². The first-order valence-electron chi connectivity index (χ1n) is 5.40. The molecule has 0 spiro atoms. The summed E-state index contributed by atoms with van der Waals surface area (Å²) in [7, 11) is 0. The first-order valence-corrected chi connectivity index (χ1v) is 5.40. The largest absolute Gasteiger partial charge is 0.508 e. The smallest absolute Gasteiger partial charge is 0.342 e. The molecule has 2 aromatic carbocycles. The van der Waals surface area contributed by atoms with Gasteiger partial charge in [-0.2, -0.15) is 0 Å². The first-order chi connectivity index (χ1) is 8.68. The van der Waals surface area contributed by atoms with E-state index in [1.54, 1.807) is 30.3 Å². The summed E-state index contributed by atoms with van der Waals surface area (Å²) in [4.78, 5) is 11.7. The monoisotopic (exact) mass is 267 g/mol. The van der Waals surface area contributed by atoms with E-state index in [2.05, 4.69) is 0 Å². The van der Waals surface area contributed by atoms with Crippen LogP contribution in [0.1, 0.15) is 15.9 Å². The molecule has 1 radical (unpaired) electrons. The fourth-order valence-corrected chi connectivity index (χ4v) is 1.50. The number of phenolic OH excluding ortho intramolecular Hbond substituents is 2. The minimum absolute atomic E-state index is 0. The van der Waals surface area contributed by atoms with E-state index in [0.29, 0.717) is 5.56 Å². The van der Waals surface area contributed by atoms with Crippen LogP contribution in [0, 0.1) is 0 Å². The summed E-state index contributed by atoms with van der Waals surface area (Å²) >= 11 is 0. The number of rotatable bonds is 3. The van der Waals surface area contributed by atoms with Crippen LogP contribution in [0.25, 0.3) is 0 Å². The van der Waals surface area contributed by atoms with Crippen molar-refractivity contribution in [2.24, 2.45) is 0 Å². The molecule has 0 aromatic heterocycles. The van der Waals surface area contributed by atoms with E-state index in [0.717, 1.165) is 0 Å². The number of hydrogen-bond donors (Lipinski definition) is 2. The summed E-state index contributed by atoms with van der Waals surface area (Å²) in [6.07, 6.45) is 0. The molecule has 19 heavy (non-hydrogen) atoms. The summed E-state index contributed by atoms with van der Waals surface area (Å²) in [6, 6.07) is 12.7. The van der Waals surface area contributed by atoms with Crippen molar-refractivity contribution in [2.45, 2.75) is 6.61 Å². The fourth-order valence-electron chi connectivity index (χ4n) is 1.50. The van der Waals surface area contributed by atoms with Gasteiger partial charge in [-0.25, -0.2) is 4.79 Å². The number of ether oxygens (including phenoxy) is 1. The number of para-hydroxylation sites is 2. The quantitative estimate of drug-likeness (QED) is 0.660. The van der Waals surface area contributed by atoms with Crippen LogP contribution in [0.5, 0.6) is 11.5 Å². The molecule has 2 rings (SSSR count). The van der Waals surface area contributed by atoms with E-state index in [9.17, 15) is 15.0 Å². The Morgan fingerprint density at radius 2 is 1.53 bits per heavy atom. The maximum atomic E-state index is 11.7. The van der Waals surface area contributed by atoms with Gasteiger partial charge in [-0.05, 0) is 18.2 Å². The third-order valence-electron chi connectivity index (χ3n) is 2.47. The Hall–Kier alpha value is -1.49. The molecule has 4 nitrogen and oxygen atoms in total. The van der Waals surface area contributed by atoms with Crippen LogP contribution in [0.2, 0.25) is 0 Å². The molecule has 0 saturated carbocycles. The molecular weight excluding hydrogens is 255 g/mol. The zero-order chi connectivity index (χ0) is 13.0. The predicted octanol–water partition coefficient (Wildman–Crippen LogP) is 2.07. The van der Waals surface area contributed by atoms with Gasteiger partial charge in [0.2, 0.25) is 0 Å². The molecule has 0 heterocycles. The van der Waals surface area contributed by atoms with Gasteiger partial charge in [0.15, 0.2) is 0 Å². The topological polar surface area (TPSA) is 66.8 Å². The van der Waals surface area contributed by atoms with Crippen molar-refractivity contribution in [1.29, 1.82) is 0 Å². The first kappa shape index (κ1) is 15.6. The van der Waals surface area contributed by atoms with Gasteiger partial charge in [0.1, 0.15) is 23.7 Å². The molecule has 0 bridgehead atoms. The van der Waals surface area contributed by atoms with E-state index >= 15 is 0 Å². The third kappa shape index (κ3) is 3.99. The van der Waals surface area contributed by atoms with Crippen molar-refractivity contribution in [1.82, 2.24) is 0 Å². The molecule has 0 unspecified atom stereocenters. The maximum Gasteiger partial charge on any atom is 0.342 e. The minimum atomic E-state index is -0.628. The molecule has 0 atom stereocenters. The molecule has 5 heteroatoms. The van der Waals surface area contributed by atoms with Gasteiger partial charge in [-0.15, -0.1) is 0 Å². The van der Waals surface area contributed by atoms with E-state index in [-0.39, 0.29) is 53.2 Å². The molecule has 93 valence electrons. The second-order valence-corrected chi connectivity index (χ2v) is 3.72. The summed E-state index contributed by atoms with van der Waals surface area (Å²) in [6.45, 7) is -0.0418. The van der Waals surface area contributed by atoms with Crippen molar-refractivity contribution in [2.75, 3.05) is 0 Å². The summed E-state index contributed by atoms with van der Waals surface area (Å²) in [5, 5.41) is 19.0. The molecular formula is C14H12NaO4. The van der Waals surface area contributed by atoms with E-state index in [1.807, 2.05) is 0 Å². The van der Waals surface area contributed by atoms with Crippen molar-refractivity contribution < 1.29 is 19.7 Å². The molecule has 0 fully saturated rings. The average Bonchev–Trinajstić information content (AvgIpc) is 2.38. The Kier molecular flexibility index (Phi) is 5.89. The van der Waals surface area contributed by atoms with Gasteiger partial charge in [0, 0.05) is 35.1 Å². The SMILES string of the molecule is O=C(OCc1ccccc1O)c1ccccc1O.[Na]. The van der Waals surface area contributed by atoms with Crippen LogP contribution >= 0.6 is 0 Å². The zero-order valence-corrected chi connectivity index (χ0v) is 12.5. The Labute approximate surface area is 132 Å². The van der Waals surface area contributed by atoms with Crippen LogP contribution in [-0.2, 0) is 11.3 Å². The Bertz CT molecular complexity index is 569. The number of phenols is 2. The number of aromatic hydroxyl groups is 2. The van der Waals surface area contributed by atoms with Crippen LogP contribution in [0.15, 0.2) is 48.5 Å². The third-order valence-corrected chi connectivity index (χ3v) is 2.47. The van der Waals surface area contributed by atoms with Gasteiger partial charge < -0.3 is 14.9 Å². The van der Waals surface area contributed by atoms with E-state index < -0.39 is 5.97 Å². The molecule has 0 aliphatic carbocycles. The second-order valence-electron chi connectivity index (χ2n) is 3.72. The number of carbonyl (C=O) groups is 1. The van der Waals surface area contributed by atoms with Crippen LogP contribution < -0.4 is 0 Å². The van der Waals surface area contributed by atoms with Gasteiger partial charge in [-0.3, -0.25) is 0 Å². The Morgan fingerprint density at radius 3 is 2.16 bits per heavy atom. The number of hydrogen-bond acceptors (Lipinski definition) is 4. The Balaban J connectivity index is 0.00000180. The average molecular weight is 267 g/mol. The molecule has 2 N–H and O–H groups in total. The fraction of sp³-hybridized carbons (Fsp3) is 0.0714. The van der Waals surface area contributed by atoms with E-state index in [4.69, 9.17) is 4.74 Å². The minimum Gasteiger partial charge on any atom is -0.508 e. The predicted molar refractivity (Wildman–Crippen MR) is 71.1 cm³/mol. The molecule has 2 aromatic rings. The Morgan fingerprint density at radius 1 is 0.947 bits per heavy atom. The summed E-state index contributed by atoms with van der Waals surface area (Å²) in [5.41, 5.74) is 0.620. The molecule has 0 saturated heterocycles. The van der Waals surface area contributed by atoms with Gasteiger partial charge in [0.05, 0.1) is 0 Å². The standard InChI is InChI=1S/C14H12O4.Na/c15-12-7-3-1-5-10(12)9-18-14(17)11-6-2-4-8-13(11)16;/h1-8,15-16H,9H2;. The number of esters is 1. The summed E-state index contributed by atoms with van der Waals surface area (Å²) < 4.78 is 5.02. The second kappa shape index (κ2) is 7.19. The van der Waals surface area contributed by atoms with Gasteiger partial charge in [-0.1, -0.05) is 30.3 Å². The zero-order valence-electron chi connectivity index (χ0n) is 10.5. The van der Waals surface area contributed by atoms with Crippen molar-refractivity contribution >= 4 is 35.5 Å². The molecule has 0 amide bonds. The van der Waals surface area contributed by atoms with Crippen molar-refractivity contribution in [3.63, 3.8) is 0 Å². The maximum absolute atomic E-state index is 11.7. The molecule has 0 aliphatic heterocycles. The van der Waals surface area contributed by atoms with Crippen LogP contribution in [-0.4, -0.2) is 45.7 Å². The van der Waals surface area contributed by atoms with Gasteiger partial charge in [0.25, 0.3) is 0 Å². The van der Waals surface area contributed by atoms with Crippen LogP contribution in [0.4, 0.5) is 0 Å². The number of benzene rings is 2. The normalized spacial score (nSPS) is 9.47. The molecule has 0 aliphatic rings. The number of carbonyl (C=O) groups excluding carboxylic acids is 1. The van der Waals surface area contributed by atoms with Crippen molar-refractivity contribution in [3.8, 4) is 11.5 Å². The van der Waals surface area contributed by atoms with E-state index in [1.165, 1.54) is 18.2 Å². The van der Waals surface area contributed by atoms with Crippen molar-refractivity contribution in [3.05, 3.63) is 59.7 Å². The summed E-state index contributed by atoms with van der Waals surface area (Å²) in [5.74, 6) is -0.682. The van der Waals surface area contributed by atoms with Crippen LogP contribution in [0.3, 0.4) is 0 Å².